The summed E-state index contributed by atoms with van der Waals surface area (Å²) in [6.45, 7) is 6.18. The van der Waals surface area contributed by atoms with E-state index in [0.717, 1.165) is 16.5 Å². The van der Waals surface area contributed by atoms with Crippen molar-refractivity contribution in [1.82, 2.24) is 4.98 Å². The molecule has 0 unspecified atom stereocenters. The summed E-state index contributed by atoms with van der Waals surface area (Å²) in [4.78, 5) is 30.7. The first kappa shape index (κ1) is 19.6. The van der Waals surface area contributed by atoms with Crippen molar-refractivity contribution >= 4 is 44.8 Å². The van der Waals surface area contributed by atoms with E-state index in [1.165, 1.54) is 11.3 Å². The number of anilines is 2. The maximum absolute atomic E-state index is 12.7. The first-order valence-electron chi connectivity index (χ1n) is 8.89. The van der Waals surface area contributed by atoms with Gasteiger partial charge in [-0.15, -0.1) is 17.9 Å². The standard InChI is InChI=1S/C21H21N3O3S/c1-3-12-22-21-23-17(14-28-21)20(26)27-13-19(25)24(4-2)18-11-7-9-15-8-5-6-10-16(15)18/h3,5-11,14H,1,4,12-13H2,2H3,(H,22,23). The van der Waals surface area contributed by atoms with Crippen molar-refractivity contribution < 1.29 is 14.3 Å². The fourth-order valence-corrected chi connectivity index (χ4v) is 3.50. The number of carbonyl (C=O) groups is 2. The van der Waals surface area contributed by atoms with E-state index in [1.54, 1.807) is 16.4 Å². The second-order valence-electron chi connectivity index (χ2n) is 5.92. The van der Waals surface area contributed by atoms with Gasteiger partial charge in [-0.05, 0) is 18.4 Å². The van der Waals surface area contributed by atoms with Crippen molar-refractivity contribution in [3.63, 3.8) is 0 Å². The van der Waals surface area contributed by atoms with Gasteiger partial charge >= 0.3 is 5.97 Å². The number of ether oxygens (including phenoxy) is 1. The van der Waals surface area contributed by atoms with Gasteiger partial charge in [0.05, 0.1) is 5.69 Å². The van der Waals surface area contributed by atoms with E-state index in [9.17, 15) is 9.59 Å². The molecule has 0 aliphatic rings. The summed E-state index contributed by atoms with van der Waals surface area (Å²) in [5.41, 5.74) is 0.976. The number of nitrogens with zero attached hydrogens (tertiary/aromatic N) is 2. The molecule has 144 valence electrons. The molecule has 1 aromatic heterocycles. The largest absolute Gasteiger partial charge is 0.451 e. The predicted molar refractivity (Wildman–Crippen MR) is 113 cm³/mol. The molecule has 0 fully saturated rings. The maximum atomic E-state index is 12.7. The van der Waals surface area contributed by atoms with E-state index in [0.29, 0.717) is 18.2 Å². The van der Waals surface area contributed by atoms with Crippen molar-refractivity contribution in [3.05, 3.63) is 66.2 Å². The van der Waals surface area contributed by atoms with Gasteiger partial charge in [0.25, 0.3) is 5.91 Å². The van der Waals surface area contributed by atoms with E-state index in [4.69, 9.17) is 4.74 Å². The molecule has 0 aliphatic carbocycles. The fraction of sp³-hybridized carbons (Fsp3) is 0.190. The SMILES string of the molecule is C=CCNc1nc(C(=O)OCC(=O)N(CC)c2cccc3ccccc23)cs1. The Morgan fingerprint density at radius 3 is 2.82 bits per heavy atom. The third-order valence-corrected chi connectivity index (χ3v) is 4.91. The number of hydrogen-bond acceptors (Lipinski definition) is 6. The van der Waals surface area contributed by atoms with Crippen LogP contribution >= 0.6 is 11.3 Å². The molecule has 0 saturated heterocycles. The number of likely N-dealkylation sites (N-methyl/N-ethyl adjacent to an activating group) is 1. The highest BCUT2D eigenvalue weighted by Crippen LogP contribution is 2.26. The topological polar surface area (TPSA) is 71.5 Å². The summed E-state index contributed by atoms with van der Waals surface area (Å²) < 4.78 is 5.19. The number of fused-ring (bicyclic) bond motifs is 1. The van der Waals surface area contributed by atoms with E-state index in [-0.39, 0.29) is 18.2 Å². The minimum atomic E-state index is -0.620. The zero-order chi connectivity index (χ0) is 19.9. The molecule has 7 heteroatoms. The second-order valence-corrected chi connectivity index (χ2v) is 6.78. The molecular weight excluding hydrogens is 374 g/mol. The fourth-order valence-electron chi connectivity index (χ4n) is 2.81. The van der Waals surface area contributed by atoms with Crippen LogP contribution in [0.4, 0.5) is 10.8 Å². The summed E-state index contributed by atoms with van der Waals surface area (Å²) in [6, 6.07) is 13.7. The number of nitrogens with one attached hydrogen (secondary N) is 1. The summed E-state index contributed by atoms with van der Waals surface area (Å²) in [6.07, 6.45) is 1.70. The van der Waals surface area contributed by atoms with E-state index in [1.807, 2.05) is 49.4 Å². The molecular formula is C21H21N3O3S. The minimum Gasteiger partial charge on any atom is -0.451 e. The van der Waals surface area contributed by atoms with Gasteiger partial charge in [-0.3, -0.25) is 4.79 Å². The van der Waals surface area contributed by atoms with Gasteiger partial charge < -0.3 is 15.0 Å². The molecule has 0 aliphatic heterocycles. The highest BCUT2D eigenvalue weighted by molar-refractivity contribution is 7.13. The average molecular weight is 395 g/mol. The lowest BCUT2D eigenvalue weighted by Crippen LogP contribution is -2.34. The highest BCUT2D eigenvalue weighted by atomic mass is 32.1. The van der Waals surface area contributed by atoms with Crippen LogP contribution in [0, 0.1) is 0 Å². The number of amides is 1. The molecule has 3 aromatic rings. The predicted octanol–water partition coefficient (Wildman–Crippen LogP) is 4.10. The Kier molecular flexibility index (Phi) is 6.39. The number of hydrogen-bond donors (Lipinski definition) is 1. The lowest BCUT2D eigenvalue weighted by atomic mass is 10.1. The average Bonchev–Trinajstić information content (AvgIpc) is 3.20. The molecule has 0 radical (unpaired) electrons. The quantitative estimate of drug-likeness (QED) is 0.459. The van der Waals surface area contributed by atoms with Crippen LogP contribution in [0.15, 0.2) is 60.5 Å². The summed E-state index contributed by atoms with van der Waals surface area (Å²) in [5, 5.41) is 7.23. The Morgan fingerprint density at radius 1 is 1.25 bits per heavy atom. The molecule has 0 bridgehead atoms. The van der Waals surface area contributed by atoms with Gasteiger partial charge in [-0.25, -0.2) is 9.78 Å². The zero-order valence-electron chi connectivity index (χ0n) is 15.6. The van der Waals surface area contributed by atoms with Crippen molar-refractivity contribution in [2.75, 3.05) is 29.9 Å². The van der Waals surface area contributed by atoms with Crippen LogP contribution in [0.1, 0.15) is 17.4 Å². The second kappa shape index (κ2) is 9.14. The lowest BCUT2D eigenvalue weighted by Gasteiger charge is -2.22. The Labute approximate surface area is 167 Å². The zero-order valence-corrected chi connectivity index (χ0v) is 16.4. The van der Waals surface area contributed by atoms with Crippen LogP contribution in [0.25, 0.3) is 10.8 Å². The van der Waals surface area contributed by atoms with Crippen molar-refractivity contribution in [2.45, 2.75) is 6.92 Å². The number of esters is 1. The van der Waals surface area contributed by atoms with E-state index in [2.05, 4.69) is 16.9 Å². The Balaban J connectivity index is 1.68. The Hall–Kier alpha value is -3.19. The van der Waals surface area contributed by atoms with Gasteiger partial charge in [0, 0.05) is 23.9 Å². The van der Waals surface area contributed by atoms with Gasteiger partial charge in [0.1, 0.15) is 0 Å². The van der Waals surface area contributed by atoms with Gasteiger partial charge in [0.2, 0.25) is 0 Å². The molecule has 0 atom stereocenters. The monoisotopic (exact) mass is 395 g/mol. The van der Waals surface area contributed by atoms with Crippen molar-refractivity contribution in [2.24, 2.45) is 0 Å². The molecule has 28 heavy (non-hydrogen) atoms. The molecule has 1 heterocycles. The highest BCUT2D eigenvalue weighted by Gasteiger charge is 2.19. The summed E-state index contributed by atoms with van der Waals surface area (Å²) >= 11 is 1.29. The Bertz CT molecular complexity index is 994. The molecule has 2 aromatic carbocycles. The normalized spacial score (nSPS) is 10.5. The number of aromatic nitrogens is 1. The maximum Gasteiger partial charge on any atom is 0.358 e. The molecule has 1 N–H and O–H groups in total. The number of benzene rings is 2. The van der Waals surface area contributed by atoms with Crippen LogP contribution in [-0.4, -0.2) is 36.6 Å². The first-order chi connectivity index (χ1) is 13.6. The molecule has 6 nitrogen and oxygen atoms in total. The Morgan fingerprint density at radius 2 is 2.04 bits per heavy atom. The van der Waals surface area contributed by atoms with Crippen LogP contribution in [0.3, 0.4) is 0 Å². The van der Waals surface area contributed by atoms with Crippen LogP contribution in [-0.2, 0) is 9.53 Å². The van der Waals surface area contributed by atoms with Crippen molar-refractivity contribution in [1.29, 1.82) is 0 Å². The van der Waals surface area contributed by atoms with E-state index >= 15 is 0 Å². The van der Waals surface area contributed by atoms with Crippen LogP contribution in [0.5, 0.6) is 0 Å². The van der Waals surface area contributed by atoms with Crippen LogP contribution < -0.4 is 10.2 Å². The third-order valence-electron chi connectivity index (χ3n) is 4.11. The van der Waals surface area contributed by atoms with Gasteiger partial charge in [0.15, 0.2) is 17.4 Å². The molecule has 0 saturated carbocycles. The smallest absolute Gasteiger partial charge is 0.358 e. The van der Waals surface area contributed by atoms with E-state index < -0.39 is 5.97 Å². The lowest BCUT2D eigenvalue weighted by molar-refractivity contribution is -0.121. The molecule has 0 spiro atoms. The van der Waals surface area contributed by atoms with Crippen LogP contribution in [0.2, 0.25) is 0 Å². The summed E-state index contributed by atoms with van der Waals surface area (Å²) in [5.74, 6) is -0.905. The van der Waals surface area contributed by atoms with Crippen molar-refractivity contribution in [3.8, 4) is 0 Å². The third kappa shape index (κ3) is 4.37. The molecule has 3 rings (SSSR count). The number of thiazole rings is 1. The molecule has 1 amide bonds. The van der Waals surface area contributed by atoms with Gasteiger partial charge in [-0.2, -0.15) is 0 Å². The minimum absolute atomic E-state index is 0.178. The van der Waals surface area contributed by atoms with Gasteiger partial charge in [-0.1, -0.05) is 42.5 Å². The number of carbonyl (C=O) groups excluding carboxylic acids is 2. The number of rotatable bonds is 8. The summed E-state index contributed by atoms with van der Waals surface area (Å²) in [7, 11) is 0. The first-order valence-corrected chi connectivity index (χ1v) is 9.77.